The predicted molar refractivity (Wildman–Crippen MR) is 198 cm³/mol. The van der Waals surface area contributed by atoms with Crippen LogP contribution in [-0.4, -0.2) is 38.4 Å². The molecule has 0 saturated heterocycles. The van der Waals surface area contributed by atoms with E-state index in [-0.39, 0.29) is 0 Å². The molecule has 0 saturated carbocycles. The summed E-state index contributed by atoms with van der Waals surface area (Å²) in [5.74, 6) is 2.35. The van der Waals surface area contributed by atoms with Crippen molar-refractivity contribution in [3.63, 3.8) is 0 Å². The summed E-state index contributed by atoms with van der Waals surface area (Å²) in [6.45, 7) is 21.6. The van der Waals surface area contributed by atoms with Gasteiger partial charge in [0.05, 0.1) is 50.1 Å². The summed E-state index contributed by atoms with van der Waals surface area (Å²) < 4.78 is 33.9. The fourth-order valence-electron chi connectivity index (χ4n) is 5.41. The molecule has 8 nitrogen and oxygen atoms in total. The Labute approximate surface area is 298 Å². The number of hydrogen-bond donors (Lipinski definition) is 0. The molecule has 0 amide bonds. The SMILES string of the molecule is C=COCCCC(C)CCOc1ccc(C(=O)Oc2ccc(OC(=O)c3ccc(OCCC(C)CCCOC=C)c(C)c3)c(C)c2C)cc1C. The summed E-state index contributed by atoms with van der Waals surface area (Å²) >= 11 is 0. The van der Waals surface area contributed by atoms with E-state index >= 15 is 0 Å². The van der Waals surface area contributed by atoms with E-state index in [0.29, 0.717) is 72.0 Å². The lowest BCUT2D eigenvalue weighted by Crippen LogP contribution is -2.12. The van der Waals surface area contributed by atoms with Crippen molar-refractivity contribution in [3.05, 3.63) is 108 Å². The minimum atomic E-state index is -0.479. The fraction of sp³-hybridized carbons (Fsp3) is 0.429. The molecule has 3 rings (SSSR count). The van der Waals surface area contributed by atoms with Crippen LogP contribution in [0.2, 0.25) is 0 Å². The average Bonchev–Trinajstić information content (AvgIpc) is 3.09. The van der Waals surface area contributed by atoms with Crippen LogP contribution in [0.1, 0.15) is 95.3 Å². The van der Waals surface area contributed by atoms with Crippen LogP contribution in [0.25, 0.3) is 0 Å². The number of carbonyl (C=O) groups excluding carboxylic acids is 2. The third kappa shape index (κ3) is 12.6. The third-order valence-corrected chi connectivity index (χ3v) is 8.80. The highest BCUT2D eigenvalue weighted by molar-refractivity contribution is 5.92. The van der Waals surface area contributed by atoms with Gasteiger partial charge in [-0.2, -0.15) is 0 Å². The van der Waals surface area contributed by atoms with E-state index in [1.165, 1.54) is 12.5 Å². The fourth-order valence-corrected chi connectivity index (χ4v) is 5.41. The first kappa shape index (κ1) is 39.7. The zero-order valence-electron chi connectivity index (χ0n) is 30.7. The quantitative estimate of drug-likeness (QED) is 0.0447. The molecule has 0 spiro atoms. The molecule has 270 valence electrons. The van der Waals surface area contributed by atoms with Crippen molar-refractivity contribution in [2.24, 2.45) is 11.8 Å². The molecule has 0 aliphatic rings. The van der Waals surface area contributed by atoms with E-state index in [4.69, 9.17) is 28.4 Å². The second kappa shape index (κ2) is 20.7. The van der Waals surface area contributed by atoms with Crippen LogP contribution < -0.4 is 18.9 Å². The Hall–Kier alpha value is -4.72. The Balaban J connectivity index is 1.52. The summed E-state index contributed by atoms with van der Waals surface area (Å²) in [5.41, 5.74) is 3.95. The van der Waals surface area contributed by atoms with Gasteiger partial charge in [0.15, 0.2) is 0 Å². The second-order valence-electron chi connectivity index (χ2n) is 12.9. The highest BCUT2D eigenvalue weighted by Gasteiger charge is 2.18. The van der Waals surface area contributed by atoms with Crippen LogP contribution in [0.5, 0.6) is 23.0 Å². The number of rotatable bonds is 22. The van der Waals surface area contributed by atoms with Crippen LogP contribution in [0.3, 0.4) is 0 Å². The summed E-state index contributed by atoms with van der Waals surface area (Å²) in [4.78, 5) is 26.2. The van der Waals surface area contributed by atoms with E-state index in [1.54, 1.807) is 48.5 Å². The van der Waals surface area contributed by atoms with Gasteiger partial charge >= 0.3 is 11.9 Å². The Morgan fingerprint density at radius 1 is 0.580 bits per heavy atom. The first-order valence-electron chi connectivity index (χ1n) is 17.5. The average molecular weight is 687 g/mol. The van der Waals surface area contributed by atoms with Crippen molar-refractivity contribution in [1.82, 2.24) is 0 Å². The zero-order valence-corrected chi connectivity index (χ0v) is 30.7. The molecule has 0 heterocycles. The van der Waals surface area contributed by atoms with E-state index < -0.39 is 11.9 Å². The highest BCUT2D eigenvalue weighted by atomic mass is 16.5. The Kier molecular flexibility index (Phi) is 16.5. The van der Waals surface area contributed by atoms with Gasteiger partial charge in [0, 0.05) is 0 Å². The predicted octanol–water partition coefficient (Wildman–Crippen LogP) is 10.0. The molecule has 8 heteroatoms. The van der Waals surface area contributed by atoms with Crippen molar-refractivity contribution in [3.8, 4) is 23.0 Å². The van der Waals surface area contributed by atoms with Gasteiger partial charge in [-0.05, 0) is 149 Å². The van der Waals surface area contributed by atoms with Gasteiger partial charge in [0.25, 0.3) is 0 Å². The van der Waals surface area contributed by atoms with Crippen molar-refractivity contribution in [1.29, 1.82) is 0 Å². The molecular formula is C42H54O8. The van der Waals surface area contributed by atoms with E-state index in [0.717, 1.165) is 61.2 Å². The van der Waals surface area contributed by atoms with Crippen LogP contribution >= 0.6 is 0 Å². The maximum Gasteiger partial charge on any atom is 0.343 e. The molecule has 0 aliphatic carbocycles. The normalized spacial score (nSPS) is 12.0. The lowest BCUT2D eigenvalue weighted by molar-refractivity contribution is 0.0717. The molecule has 3 aromatic rings. The van der Waals surface area contributed by atoms with Gasteiger partial charge in [-0.1, -0.05) is 27.0 Å². The first-order valence-corrected chi connectivity index (χ1v) is 17.5. The monoisotopic (exact) mass is 686 g/mol. The van der Waals surface area contributed by atoms with Crippen LogP contribution in [0.4, 0.5) is 0 Å². The van der Waals surface area contributed by atoms with E-state index in [1.807, 2.05) is 27.7 Å². The smallest absolute Gasteiger partial charge is 0.343 e. The van der Waals surface area contributed by atoms with Crippen molar-refractivity contribution < 1.29 is 38.0 Å². The van der Waals surface area contributed by atoms with Crippen LogP contribution in [0, 0.1) is 39.5 Å². The summed E-state index contributed by atoms with van der Waals surface area (Å²) in [6, 6.07) is 13.9. The Morgan fingerprint density at radius 3 is 1.32 bits per heavy atom. The number of aryl methyl sites for hydroxylation is 2. The zero-order chi connectivity index (χ0) is 36.5. The van der Waals surface area contributed by atoms with Gasteiger partial charge in [-0.25, -0.2) is 9.59 Å². The molecule has 2 atom stereocenters. The Morgan fingerprint density at radius 2 is 0.960 bits per heavy atom. The maximum absolute atomic E-state index is 13.1. The molecule has 0 aromatic heterocycles. The minimum Gasteiger partial charge on any atom is -0.502 e. The molecule has 0 bridgehead atoms. The van der Waals surface area contributed by atoms with Gasteiger partial charge in [0.1, 0.15) is 23.0 Å². The maximum atomic E-state index is 13.1. The van der Waals surface area contributed by atoms with Crippen LogP contribution in [0.15, 0.2) is 74.2 Å². The number of esters is 2. The van der Waals surface area contributed by atoms with E-state index in [2.05, 4.69) is 27.0 Å². The number of ether oxygens (including phenoxy) is 6. The van der Waals surface area contributed by atoms with Crippen molar-refractivity contribution >= 4 is 11.9 Å². The van der Waals surface area contributed by atoms with Gasteiger partial charge in [-0.3, -0.25) is 0 Å². The molecular weight excluding hydrogens is 632 g/mol. The Bertz CT molecular complexity index is 1460. The van der Waals surface area contributed by atoms with Gasteiger partial charge in [-0.15, -0.1) is 0 Å². The largest absolute Gasteiger partial charge is 0.502 e. The number of benzene rings is 3. The summed E-state index contributed by atoms with van der Waals surface area (Å²) in [7, 11) is 0. The van der Waals surface area contributed by atoms with Gasteiger partial charge < -0.3 is 28.4 Å². The second-order valence-corrected chi connectivity index (χ2v) is 12.9. The molecule has 0 N–H and O–H groups in total. The van der Waals surface area contributed by atoms with Crippen molar-refractivity contribution in [2.45, 2.75) is 80.1 Å². The first-order chi connectivity index (χ1) is 24.0. The van der Waals surface area contributed by atoms with Crippen molar-refractivity contribution in [2.75, 3.05) is 26.4 Å². The molecule has 3 aromatic carbocycles. The lowest BCUT2D eigenvalue weighted by atomic mass is 10.0. The standard InChI is InChI=1S/C42H54O8/c1-9-45-23-11-13-29(3)21-25-47-37-17-15-35(27-31(37)5)41(43)49-39-19-20-40(34(8)33(39)7)50-42(44)36-16-18-38(32(6)28-36)48-26-22-30(4)14-12-24-46-10-2/h9-10,15-20,27-30H,1-2,11-14,21-26H2,3-8H3. The third-order valence-electron chi connectivity index (χ3n) is 8.80. The topological polar surface area (TPSA) is 89.5 Å². The molecule has 50 heavy (non-hydrogen) atoms. The number of carbonyl (C=O) groups is 2. The summed E-state index contributed by atoms with van der Waals surface area (Å²) in [6.07, 6.45) is 8.88. The van der Waals surface area contributed by atoms with E-state index in [9.17, 15) is 9.59 Å². The van der Waals surface area contributed by atoms with Crippen LogP contribution in [-0.2, 0) is 9.47 Å². The molecule has 2 unspecified atom stereocenters. The lowest BCUT2D eigenvalue weighted by Gasteiger charge is -2.16. The molecule has 0 radical (unpaired) electrons. The van der Waals surface area contributed by atoms with Gasteiger partial charge in [0.2, 0.25) is 0 Å². The highest BCUT2D eigenvalue weighted by Crippen LogP contribution is 2.31. The molecule has 0 aliphatic heterocycles. The minimum absolute atomic E-state index is 0.398. The number of hydrogen-bond acceptors (Lipinski definition) is 8. The molecule has 0 fully saturated rings. The summed E-state index contributed by atoms with van der Waals surface area (Å²) in [5, 5.41) is 0.